The van der Waals surface area contributed by atoms with Gasteiger partial charge in [-0.2, -0.15) is 4.79 Å². The first-order valence-electron chi connectivity index (χ1n) is 32.7. The van der Waals surface area contributed by atoms with Gasteiger partial charge in [0.25, 0.3) is 0 Å². The van der Waals surface area contributed by atoms with Gasteiger partial charge in [0.15, 0.2) is 53.4 Å². The summed E-state index contributed by atoms with van der Waals surface area (Å²) in [5, 5.41) is 97.8. The Bertz CT molecular complexity index is 4130. The van der Waals surface area contributed by atoms with Crippen molar-refractivity contribution in [2.75, 3.05) is 49.5 Å². The van der Waals surface area contributed by atoms with Crippen LogP contribution in [0.25, 0.3) is 38.7 Å². The molecule has 28 nitrogen and oxygen atoms in total. The number of Topliss-reactive ketones (excluding diaryl/α,β-unsaturated/α-hetero) is 1. The molecule has 0 aromatic heterocycles. The second-order valence-electron chi connectivity index (χ2n) is 27.2. The number of phenols is 4. The van der Waals surface area contributed by atoms with Crippen LogP contribution in [0.1, 0.15) is 134 Å². The molecule has 0 amide bonds. The maximum Gasteiger partial charge on any atom is 0.333 e. The van der Waals surface area contributed by atoms with Gasteiger partial charge in [0.1, 0.15) is 69.8 Å². The molecule has 0 unspecified atom stereocenters. The zero-order chi connectivity index (χ0) is 70.2. The highest BCUT2D eigenvalue weighted by Gasteiger charge is 2.71. The lowest BCUT2D eigenvalue weighted by atomic mass is 9.55. The number of likely N-dealkylation sites (N-methyl/N-ethyl adjacent to an activating group) is 2. The molecule has 28 heteroatoms. The summed E-state index contributed by atoms with van der Waals surface area (Å²) < 4.78 is 74.5. The van der Waals surface area contributed by atoms with Crippen LogP contribution in [-0.4, -0.2) is 238 Å². The van der Waals surface area contributed by atoms with Crippen LogP contribution in [0.3, 0.4) is 0 Å². The zero-order valence-electron chi connectivity index (χ0n) is 56.1. The third-order valence-corrected chi connectivity index (χ3v) is 21.6. The number of ketones is 3. The van der Waals surface area contributed by atoms with Crippen LogP contribution in [0.15, 0.2) is 45.2 Å². The Labute approximate surface area is 556 Å². The molecule has 4 aromatic carbocycles. The first kappa shape index (κ1) is 70.1. The number of allylic oxidation sites excluding steroid dienone is 2. The first-order chi connectivity index (χ1) is 46.0. The highest BCUT2D eigenvalue weighted by atomic mass is 16.7. The molecule has 0 radical (unpaired) electrons. The Kier molecular flexibility index (Phi) is 18.8. The molecule has 97 heavy (non-hydrogen) atoms. The highest BCUT2D eigenvalue weighted by molar-refractivity contribution is 6.26. The number of aromatic hydroxyl groups is 4. The Hall–Kier alpha value is -6.77. The van der Waals surface area contributed by atoms with Crippen LogP contribution in [0.5, 0.6) is 23.0 Å². The maximum atomic E-state index is 17.9. The van der Waals surface area contributed by atoms with Crippen molar-refractivity contribution < 1.29 is 112 Å². The van der Waals surface area contributed by atoms with E-state index in [0.29, 0.717) is 0 Å². The molecule has 4 fully saturated rings. The van der Waals surface area contributed by atoms with E-state index in [4.69, 9.17) is 52.1 Å². The standard InChI is InChI=1S/C69H84N4O24/c1-14-68(96-42-24-38(88-12)65(89-13)28(6)93-42)53(63(85)44-30(66(68)94-39-21-35(78)56(72(7)8)25(3)90-39)20-29-43(44)60(82)46-32(75)17-16-31(74)45(46)59(29)81)54-64(86)50-49-51(62(84)48-34(77)19-18-33(76)47(48)61(49)83)55(71-70)52(50)67(95-40-22-36(79)57(73(9)10)26(4)91-40)69(54,15-2)97-41-23-37(87-11)58(80)27(5)92-41/h16-20,25-28,35-42,53-54,56-58,65-67,78-85H,14-15,21-24H2,1-13H3/t25-,26-,27-,28-,35-,36-,37-,38-,39+,40+,41-,42-,53-,54-,56-,57-,58-,65-,66+,67+,68-,69-/m0/s1. The van der Waals surface area contributed by atoms with Crippen molar-refractivity contribution in [3.05, 3.63) is 100 Å². The summed E-state index contributed by atoms with van der Waals surface area (Å²) in [7, 11) is 11.3. The maximum absolute atomic E-state index is 17.9. The molecule has 12 rings (SSSR count). The number of methoxy groups -OCH3 is 3. The van der Waals surface area contributed by atoms with Gasteiger partial charge in [-0.1, -0.05) is 13.8 Å². The van der Waals surface area contributed by atoms with Gasteiger partial charge in [-0.25, -0.2) is 0 Å². The van der Waals surface area contributed by atoms with Crippen molar-refractivity contribution in [3.63, 3.8) is 0 Å². The molecule has 22 atom stereocenters. The summed E-state index contributed by atoms with van der Waals surface area (Å²) in [6, 6.07) is 0.502. The van der Waals surface area contributed by atoms with Crippen LogP contribution in [-0.2, 0) is 52.1 Å². The Balaban J connectivity index is 1.24. The molecule has 4 saturated heterocycles. The molecule has 8 aliphatic rings. The van der Waals surface area contributed by atoms with Crippen molar-refractivity contribution in [1.82, 2.24) is 9.80 Å². The van der Waals surface area contributed by atoms with E-state index in [0.717, 1.165) is 24.3 Å². The number of benzene rings is 3. The molecular weight excluding hydrogens is 1270 g/mol. The largest absolute Gasteiger partial charge is 0.511 e. The van der Waals surface area contributed by atoms with E-state index in [1.54, 1.807) is 79.5 Å². The van der Waals surface area contributed by atoms with Gasteiger partial charge in [0, 0.05) is 74.7 Å². The van der Waals surface area contributed by atoms with Crippen LogP contribution in [0.4, 0.5) is 0 Å². The van der Waals surface area contributed by atoms with E-state index in [-0.39, 0.29) is 48.8 Å². The predicted molar refractivity (Wildman–Crippen MR) is 341 cm³/mol. The van der Waals surface area contributed by atoms with Crippen LogP contribution in [0.2, 0.25) is 0 Å². The van der Waals surface area contributed by atoms with E-state index in [9.17, 15) is 65.6 Å². The number of rotatable bonds is 16. The minimum atomic E-state index is -2.53. The molecule has 524 valence electrons. The second-order valence-corrected chi connectivity index (χ2v) is 27.2. The summed E-state index contributed by atoms with van der Waals surface area (Å²) in [6.45, 7) is 9.90. The monoisotopic (exact) mass is 1350 g/mol. The van der Waals surface area contributed by atoms with E-state index in [1.165, 1.54) is 27.4 Å². The van der Waals surface area contributed by atoms with E-state index in [1.807, 2.05) is 0 Å². The first-order valence-corrected chi connectivity index (χ1v) is 32.7. The number of carbonyl (C=O) groups excluding carboxylic acids is 3. The van der Waals surface area contributed by atoms with Gasteiger partial charge in [-0.05, 0) is 105 Å². The highest BCUT2D eigenvalue weighted by Crippen LogP contribution is 2.65. The van der Waals surface area contributed by atoms with Crippen molar-refractivity contribution >= 4 is 50.5 Å². The normalized spacial score (nSPS) is 36.7. The number of carbonyl (C=O) groups is 3. The van der Waals surface area contributed by atoms with Gasteiger partial charge >= 0.3 is 5.36 Å². The van der Waals surface area contributed by atoms with Gasteiger partial charge < -0.3 is 108 Å². The van der Waals surface area contributed by atoms with Gasteiger partial charge in [0.05, 0.1) is 100 Å². The van der Waals surface area contributed by atoms with E-state index >= 15 is 4.79 Å². The molecule has 4 aliphatic heterocycles. The Morgan fingerprint density at radius 1 is 0.567 bits per heavy atom. The van der Waals surface area contributed by atoms with Gasteiger partial charge in [-0.3, -0.25) is 24.0 Å². The second kappa shape index (κ2) is 26.1. The molecular formula is C69H84N4O24. The van der Waals surface area contributed by atoms with Crippen molar-refractivity contribution in [1.29, 1.82) is 0 Å². The molecule has 8 N–H and O–H groups in total. The molecule has 0 bridgehead atoms. The summed E-state index contributed by atoms with van der Waals surface area (Å²) in [5.41, 5.74) is 1.38. The quantitative estimate of drug-likeness (QED) is 0.0451. The average molecular weight is 1350 g/mol. The average Bonchev–Trinajstić information content (AvgIpc) is 1.60. The Morgan fingerprint density at radius 3 is 1.55 bits per heavy atom. The summed E-state index contributed by atoms with van der Waals surface area (Å²) >= 11 is 0. The number of aliphatic hydroxyl groups excluding tert-OH is 4. The third kappa shape index (κ3) is 10.8. The summed E-state index contributed by atoms with van der Waals surface area (Å²) in [5.74, 6) is -11.7. The van der Waals surface area contributed by atoms with Crippen molar-refractivity contribution in [3.8, 4) is 23.0 Å². The lowest BCUT2D eigenvalue weighted by molar-refractivity contribution is -0.351. The van der Waals surface area contributed by atoms with Crippen LogP contribution >= 0.6 is 0 Å². The fraction of sp³-hybridized carbons (Fsp3) is 0.594. The number of phenolic OH excluding ortho intramolecular Hbond substituents is 4. The van der Waals surface area contributed by atoms with E-state index in [2.05, 4.69) is 4.79 Å². The molecule has 4 aromatic rings. The summed E-state index contributed by atoms with van der Waals surface area (Å²) in [6.07, 6.45) is -17.9. The van der Waals surface area contributed by atoms with E-state index < -0.39 is 252 Å². The SMILES string of the molecule is CC[C@@]1(O[C@H]2C[C@H](OC)[C@@H](OC)[C@H](C)O2)[C@H](O[C@@H]2C[C@H](O)[C@@H](N(C)C)[C@H](C)O2)C2=Cc3c(O)c4c(c(O)c3C2=C(O)[C@@H]1[C@H]1C(=O)c2c(c(=[N+]=[N-])c3c(O)c5c(=O)ccc(=O)c5c(O)c23)[C@@H](O[C@@H]2C[C@H](O)[C@@H](N(C)C)[C@H](C)O2)[C@@]1(CC)O[C@H]1C[C@H](OC)[C@@H](O)[C@H](C)O1)C(=O)C=CC4=O. The predicted octanol–water partition coefficient (Wildman–Crippen LogP) is 3.59. The molecule has 0 saturated carbocycles. The Morgan fingerprint density at radius 2 is 1.05 bits per heavy atom. The number of hydrogen-bond acceptors (Lipinski definition) is 26. The van der Waals surface area contributed by atoms with Crippen LogP contribution in [0, 0.1) is 11.8 Å². The number of aliphatic hydroxyl groups is 4. The molecule has 0 spiro atoms. The number of nitrogens with zero attached hydrogens (tertiary/aromatic N) is 4. The van der Waals surface area contributed by atoms with Gasteiger partial charge in [0.2, 0.25) is 0 Å². The smallest absolute Gasteiger partial charge is 0.333 e. The topological polar surface area (TPSA) is 392 Å². The number of hydrogen-bond donors (Lipinski definition) is 8. The third-order valence-electron chi connectivity index (χ3n) is 21.6. The number of ether oxygens (including phenoxy) is 11. The van der Waals surface area contributed by atoms with Crippen LogP contribution < -0.4 is 16.2 Å². The molecule has 4 aliphatic carbocycles. The fourth-order valence-electron chi connectivity index (χ4n) is 17.4. The molecule has 4 heterocycles. The minimum Gasteiger partial charge on any atom is -0.511 e. The minimum absolute atomic E-state index is 0.0884. The lowest BCUT2D eigenvalue weighted by Crippen LogP contribution is -2.68. The summed E-state index contributed by atoms with van der Waals surface area (Å²) in [4.78, 5) is 81.2. The number of fused-ring (bicyclic) bond motifs is 8. The lowest BCUT2D eigenvalue weighted by Gasteiger charge is -2.59. The fourth-order valence-corrected chi connectivity index (χ4v) is 17.4. The zero-order valence-corrected chi connectivity index (χ0v) is 56.1. The van der Waals surface area contributed by atoms with Crippen molar-refractivity contribution in [2.45, 2.75) is 202 Å². The van der Waals surface area contributed by atoms with Gasteiger partial charge in [-0.15, -0.1) is 0 Å². The van der Waals surface area contributed by atoms with Crippen molar-refractivity contribution in [2.24, 2.45) is 11.8 Å².